The van der Waals surface area contributed by atoms with E-state index < -0.39 is 0 Å². The highest BCUT2D eigenvalue weighted by atomic mass is 16.5. The molecule has 3 rings (SSSR count). The molecule has 1 aliphatic rings. The Kier molecular flexibility index (Phi) is 6.83. The van der Waals surface area contributed by atoms with Crippen molar-refractivity contribution in [3.8, 4) is 17.2 Å². The molecule has 2 aromatic carbocycles. The summed E-state index contributed by atoms with van der Waals surface area (Å²) in [6.45, 7) is 9.12. The van der Waals surface area contributed by atoms with Gasteiger partial charge in [-0.2, -0.15) is 0 Å². The highest BCUT2D eigenvalue weighted by Crippen LogP contribution is 2.41. The average molecular weight is 428 g/mol. The number of anilines is 2. The number of methoxy groups -OCH3 is 3. The number of para-hydroxylation sites is 1. The van der Waals surface area contributed by atoms with Crippen molar-refractivity contribution in [2.24, 2.45) is 0 Å². The number of urea groups is 1. The van der Waals surface area contributed by atoms with Gasteiger partial charge in [0.2, 0.25) is 5.75 Å². The lowest BCUT2D eigenvalue weighted by atomic mass is 9.86. The van der Waals surface area contributed by atoms with Gasteiger partial charge in [-0.15, -0.1) is 0 Å². The van der Waals surface area contributed by atoms with Crippen LogP contribution in [0.4, 0.5) is 16.2 Å². The largest absolute Gasteiger partial charge is 0.493 e. The van der Waals surface area contributed by atoms with Gasteiger partial charge in [0.15, 0.2) is 11.5 Å². The van der Waals surface area contributed by atoms with E-state index in [4.69, 9.17) is 14.2 Å². The fourth-order valence-corrected chi connectivity index (χ4v) is 3.86. The Morgan fingerprint density at radius 1 is 0.903 bits per heavy atom. The lowest BCUT2D eigenvalue weighted by Crippen LogP contribution is -2.50. The molecule has 168 valence electrons. The highest BCUT2D eigenvalue weighted by molar-refractivity contribution is 5.90. The van der Waals surface area contributed by atoms with Crippen LogP contribution >= 0.6 is 0 Å². The second-order valence-corrected chi connectivity index (χ2v) is 8.58. The number of hydrogen-bond donors (Lipinski definition) is 1. The normalized spacial score (nSPS) is 14.3. The summed E-state index contributed by atoms with van der Waals surface area (Å²) in [6.07, 6.45) is 0. The van der Waals surface area contributed by atoms with E-state index >= 15 is 0 Å². The number of rotatable bonds is 5. The number of carbonyl (C=O) groups excluding carboxylic acids is 1. The monoisotopic (exact) mass is 427 g/mol. The van der Waals surface area contributed by atoms with E-state index in [0.29, 0.717) is 43.4 Å². The van der Waals surface area contributed by atoms with E-state index in [1.54, 1.807) is 21.3 Å². The van der Waals surface area contributed by atoms with E-state index in [1.165, 1.54) is 0 Å². The third-order valence-corrected chi connectivity index (χ3v) is 5.56. The number of nitrogens with one attached hydrogen (secondary N) is 1. The molecule has 2 amide bonds. The van der Waals surface area contributed by atoms with Gasteiger partial charge in [-0.3, -0.25) is 0 Å². The van der Waals surface area contributed by atoms with Crippen LogP contribution in [-0.4, -0.2) is 58.4 Å². The van der Waals surface area contributed by atoms with Crippen LogP contribution in [0, 0.1) is 0 Å². The minimum absolute atomic E-state index is 0.0466. The molecule has 0 spiro atoms. The molecule has 0 bridgehead atoms. The number of amides is 2. The van der Waals surface area contributed by atoms with Gasteiger partial charge in [0.1, 0.15) is 0 Å². The molecule has 31 heavy (non-hydrogen) atoms. The summed E-state index contributed by atoms with van der Waals surface area (Å²) in [6, 6.07) is 11.8. The van der Waals surface area contributed by atoms with E-state index in [9.17, 15) is 4.79 Å². The predicted octanol–water partition coefficient (Wildman–Crippen LogP) is 4.36. The Hall–Kier alpha value is -3.09. The first kappa shape index (κ1) is 22.6. The van der Waals surface area contributed by atoms with Crippen LogP contribution in [-0.2, 0) is 5.41 Å². The van der Waals surface area contributed by atoms with Crippen LogP contribution in [0.3, 0.4) is 0 Å². The number of ether oxygens (including phenoxy) is 3. The van der Waals surface area contributed by atoms with Crippen molar-refractivity contribution in [1.29, 1.82) is 0 Å². The third kappa shape index (κ3) is 4.98. The summed E-state index contributed by atoms with van der Waals surface area (Å²) in [5, 5.41) is 3.10. The fourth-order valence-electron chi connectivity index (χ4n) is 3.86. The number of carbonyl (C=O) groups is 1. The number of nitrogens with zero attached hydrogens (tertiary/aromatic N) is 2. The number of piperazine rings is 1. The Morgan fingerprint density at radius 3 is 2.00 bits per heavy atom. The van der Waals surface area contributed by atoms with Crippen LogP contribution in [0.1, 0.15) is 26.3 Å². The molecular weight excluding hydrogens is 394 g/mol. The highest BCUT2D eigenvalue weighted by Gasteiger charge is 2.25. The smallest absolute Gasteiger partial charge is 0.321 e. The maximum Gasteiger partial charge on any atom is 0.321 e. The zero-order valence-corrected chi connectivity index (χ0v) is 19.3. The molecule has 1 heterocycles. The van der Waals surface area contributed by atoms with Crippen molar-refractivity contribution >= 4 is 17.4 Å². The van der Waals surface area contributed by atoms with E-state index in [2.05, 4.69) is 37.1 Å². The Labute approximate surface area is 184 Å². The minimum Gasteiger partial charge on any atom is -0.493 e. The van der Waals surface area contributed by atoms with Crippen LogP contribution in [0.5, 0.6) is 17.2 Å². The van der Waals surface area contributed by atoms with Crippen molar-refractivity contribution in [2.45, 2.75) is 26.2 Å². The van der Waals surface area contributed by atoms with Gasteiger partial charge in [-0.1, -0.05) is 39.0 Å². The van der Waals surface area contributed by atoms with Crippen molar-refractivity contribution < 1.29 is 19.0 Å². The van der Waals surface area contributed by atoms with Crippen LogP contribution in [0.2, 0.25) is 0 Å². The van der Waals surface area contributed by atoms with Gasteiger partial charge in [-0.25, -0.2) is 4.79 Å². The lowest BCUT2D eigenvalue weighted by molar-refractivity contribution is 0.208. The molecule has 0 aromatic heterocycles. The van der Waals surface area contributed by atoms with Crippen molar-refractivity contribution in [1.82, 2.24) is 4.90 Å². The number of benzene rings is 2. The van der Waals surface area contributed by atoms with Gasteiger partial charge in [0.05, 0.1) is 21.3 Å². The second kappa shape index (κ2) is 9.37. The van der Waals surface area contributed by atoms with Gasteiger partial charge >= 0.3 is 6.03 Å². The minimum atomic E-state index is -0.0683. The molecular formula is C24H33N3O4. The summed E-state index contributed by atoms with van der Waals surface area (Å²) in [5.41, 5.74) is 2.92. The quantitative estimate of drug-likeness (QED) is 0.768. The summed E-state index contributed by atoms with van der Waals surface area (Å²) in [4.78, 5) is 17.0. The van der Waals surface area contributed by atoms with Gasteiger partial charge < -0.3 is 29.3 Å². The number of hydrogen-bond acceptors (Lipinski definition) is 5. The second-order valence-electron chi connectivity index (χ2n) is 8.58. The molecule has 1 aliphatic heterocycles. The van der Waals surface area contributed by atoms with Crippen LogP contribution in [0.25, 0.3) is 0 Å². The molecule has 0 aliphatic carbocycles. The predicted molar refractivity (Wildman–Crippen MR) is 124 cm³/mol. The fraction of sp³-hybridized carbons (Fsp3) is 0.458. The van der Waals surface area contributed by atoms with Crippen LogP contribution in [0.15, 0.2) is 36.4 Å². The van der Waals surface area contributed by atoms with Gasteiger partial charge in [0, 0.05) is 49.7 Å². The molecule has 0 atom stereocenters. The molecule has 1 N–H and O–H groups in total. The van der Waals surface area contributed by atoms with Crippen LogP contribution < -0.4 is 24.4 Å². The Balaban J connectivity index is 1.68. The van der Waals surface area contributed by atoms with E-state index in [-0.39, 0.29) is 11.4 Å². The molecule has 2 aromatic rings. The van der Waals surface area contributed by atoms with Crippen molar-refractivity contribution in [2.75, 3.05) is 57.7 Å². The maximum atomic E-state index is 12.9. The molecule has 7 nitrogen and oxygen atoms in total. The zero-order valence-electron chi connectivity index (χ0n) is 19.3. The molecule has 0 radical (unpaired) electrons. The maximum absolute atomic E-state index is 12.9. The van der Waals surface area contributed by atoms with E-state index in [0.717, 1.165) is 16.9 Å². The average Bonchev–Trinajstić information content (AvgIpc) is 2.77. The third-order valence-electron chi connectivity index (χ3n) is 5.56. The summed E-state index contributed by atoms with van der Waals surface area (Å²) >= 11 is 0. The molecule has 1 saturated heterocycles. The SMILES string of the molecule is COc1cc(N2CCN(C(=O)Nc3ccccc3C(C)(C)C)CC2)cc(OC)c1OC. The summed E-state index contributed by atoms with van der Waals surface area (Å²) < 4.78 is 16.3. The van der Waals surface area contributed by atoms with Gasteiger partial charge in [-0.05, 0) is 17.0 Å². The Bertz CT molecular complexity index is 890. The first-order chi connectivity index (χ1) is 14.8. The summed E-state index contributed by atoms with van der Waals surface area (Å²) in [7, 11) is 4.81. The standard InChI is InChI=1S/C24H33N3O4/c1-24(2,3)18-9-7-8-10-19(18)25-23(28)27-13-11-26(12-14-27)17-15-20(29-4)22(31-6)21(16-17)30-5/h7-10,15-16H,11-14H2,1-6H3,(H,25,28). The van der Waals surface area contributed by atoms with Gasteiger partial charge in [0.25, 0.3) is 0 Å². The topological polar surface area (TPSA) is 63.3 Å². The molecule has 1 fully saturated rings. The first-order valence-corrected chi connectivity index (χ1v) is 10.5. The molecule has 0 unspecified atom stereocenters. The van der Waals surface area contributed by atoms with Crippen molar-refractivity contribution in [3.63, 3.8) is 0 Å². The lowest BCUT2D eigenvalue weighted by Gasteiger charge is -2.36. The summed E-state index contributed by atoms with van der Waals surface area (Å²) in [5.74, 6) is 1.82. The molecule has 0 saturated carbocycles. The van der Waals surface area contributed by atoms with E-state index in [1.807, 2.05) is 35.2 Å². The Morgan fingerprint density at radius 2 is 1.48 bits per heavy atom. The zero-order chi connectivity index (χ0) is 22.6. The van der Waals surface area contributed by atoms with Crippen molar-refractivity contribution in [3.05, 3.63) is 42.0 Å². The first-order valence-electron chi connectivity index (χ1n) is 10.5. The molecule has 7 heteroatoms.